The maximum Gasteiger partial charge on any atom is 0.342 e. The van der Waals surface area contributed by atoms with E-state index in [1.165, 1.54) is 11.2 Å². The highest BCUT2D eigenvalue weighted by Gasteiger charge is 2.39. The maximum absolute atomic E-state index is 13.1. The molecule has 124 valence electrons. The van der Waals surface area contributed by atoms with Crippen LogP contribution in [0.4, 0.5) is 5.69 Å². The first-order chi connectivity index (χ1) is 12.1. The molecule has 0 bridgehead atoms. The third-order valence-electron chi connectivity index (χ3n) is 3.93. The minimum Gasteiger partial charge on any atom is -0.463 e. The van der Waals surface area contributed by atoms with Crippen molar-refractivity contribution >= 4 is 29.2 Å². The lowest BCUT2D eigenvalue weighted by atomic mass is 10.1. The van der Waals surface area contributed by atoms with Gasteiger partial charge in [-0.3, -0.25) is 9.69 Å². The summed E-state index contributed by atoms with van der Waals surface area (Å²) in [4.78, 5) is 26.9. The zero-order chi connectivity index (χ0) is 17.4. The Morgan fingerprint density at radius 1 is 1.00 bits per heavy atom. The normalized spacial score (nSPS) is 16.3. The maximum atomic E-state index is 13.1. The highest BCUT2D eigenvalue weighted by molar-refractivity contribution is 6.30. The molecule has 0 saturated carbocycles. The molecule has 1 atom stereocenters. The van der Waals surface area contributed by atoms with Gasteiger partial charge in [0, 0.05) is 10.6 Å². The number of amides is 1. The van der Waals surface area contributed by atoms with E-state index in [0.29, 0.717) is 27.6 Å². The second kappa shape index (κ2) is 6.11. The Morgan fingerprint density at radius 3 is 2.48 bits per heavy atom. The molecule has 0 spiro atoms. The van der Waals surface area contributed by atoms with Crippen molar-refractivity contribution in [1.29, 1.82) is 0 Å². The van der Waals surface area contributed by atoms with Crippen LogP contribution in [-0.4, -0.2) is 11.9 Å². The van der Waals surface area contributed by atoms with E-state index in [1.807, 2.05) is 0 Å². The molecule has 25 heavy (non-hydrogen) atoms. The summed E-state index contributed by atoms with van der Waals surface area (Å²) in [5.41, 5.74) is 1.22. The van der Waals surface area contributed by atoms with Gasteiger partial charge in [-0.25, -0.2) is 4.79 Å². The number of ether oxygens (including phenoxy) is 1. The van der Waals surface area contributed by atoms with Crippen LogP contribution in [0.3, 0.4) is 0 Å². The van der Waals surface area contributed by atoms with E-state index in [0.717, 1.165) is 0 Å². The van der Waals surface area contributed by atoms with E-state index < -0.39 is 12.2 Å². The molecule has 4 rings (SSSR count). The number of furan rings is 1. The molecular formula is C19H12ClNO4. The largest absolute Gasteiger partial charge is 0.463 e. The number of fused-ring (bicyclic) bond motifs is 1. The summed E-state index contributed by atoms with van der Waals surface area (Å²) in [5, 5.41) is 0.532. The smallest absolute Gasteiger partial charge is 0.342 e. The highest BCUT2D eigenvalue weighted by Crippen LogP contribution is 2.38. The van der Waals surface area contributed by atoms with Gasteiger partial charge in [0.25, 0.3) is 5.91 Å². The molecule has 3 aromatic rings. The highest BCUT2D eigenvalue weighted by atomic mass is 35.5. The molecule has 0 aliphatic carbocycles. The number of hydrogen-bond acceptors (Lipinski definition) is 4. The molecule has 0 N–H and O–H groups in total. The number of benzene rings is 2. The number of para-hydroxylation sites is 1. The zero-order valence-corrected chi connectivity index (χ0v) is 13.6. The fourth-order valence-corrected chi connectivity index (χ4v) is 2.89. The first-order valence-corrected chi connectivity index (χ1v) is 7.95. The number of hydrogen-bond donors (Lipinski definition) is 0. The molecule has 1 aromatic heterocycles. The summed E-state index contributed by atoms with van der Waals surface area (Å²) in [6.07, 6.45) is 0.495. The first kappa shape index (κ1) is 15.5. The van der Waals surface area contributed by atoms with Gasteiger partial charge in [0.05, 0.1) is 17.5 Å². The van der Waals surface area contributed by atoms with Crippen molar-refractivity contribution in [2.75, 3.05) is 4.90 Å². The molecule has 1 aliphatic heterocycles. The number of carbonyl (C=O) groups is 2. The summed E-state index contributed by atoms with van der Waals surface area (Å²) < 4.78 is 10.9. The average molecular weight is 354 g/mol. The Labute approximate surface area is 148 Å². The van der Waals surface area contributed by atoms with Crippen molar-refractivity contribution in [2.24, 2.45) is 0 Å². The number of halogens is 1. The molecule has 0 saturated heterocycles. The summed E-state index contributed by atoms with van der Waals surface area (Å²) in [6, 6.07) is 16.7. The van der Waals surface area contributed by atoms with Crippen LogP contribution in [0.2, 0.25) is 5.02 Å². The number of rotatable bonds is 2. The number of nitrogens with zero attached hydrogens (tertiary/aromatic N) is 1. The molecule has 2 aromatic carbocycles. The molecule has 0 fully saturated rings. The number of anilines is 1. The van der Waals surface area contributed by atoms with E-state index in [1.54, 1.807) is 60.7 Å². The second-order valence-electron chi connectivity index (χ2n) is 5.47. The van der Waals surface area contributed by atoms with Crippen LogP contribution in [0.25, 0.3) is 0 Å². The molecule has 1 amide bonds. The molecule has 0 unspecified atom stereocenters. The van der Waals surface area contributed by atoms with E-state index in [2.05, 4.69) is 0 Å². The van der Waals surface area contributed by atoms with Gasteiger partial charge in [-0.2, -0.15) is 0 Å². The van der Waals surface area contributed by atoms with Crippen LogP contribution in [0.1, 0.15) is 32.7 Å². The molecule has 1 aliphatic rings. The Bertz CT molecular complexity index is 934. The van der Waals surface area contributed by atoms with Gasteiger partial charge < -0.3 is 9.15 Å². The minimum atomic E-state index is -0.972. The Hall–Kier alpha value is -3.05. The van der Waals surface area contributed by atoms with Crippen molar-refractivity contribution in [3.05, 3.63) is 88.8 Å². The molecule has 5 nitrogen and oxygen atoms in total. The third kappa shape index (κ3) is 2.68. The van der Waals surface area contributed by atoms with Crippen LogP contribution in [0.15, 0.2) is 71.3 Å². The van der Waals surface area contributed by atoms with Crippen LogP contribution in [-0.2, 0) is 4.74 Å². The zero-order valence-electron chi connectivity index (χ0n) is 12.9. The van der Waals surface area contributed by atoms with Gasteiger partial charge in [0.15, 0.2) is 5.76 Å². The summed E-state index contributed by atoms with van der Waals surface area (Å²) >= 11 is 5.90. The predicted molar refractivity (Wildman–Crippen MR) is 91.6 cm³/mol. The average Bonchev–Trinajstić information content (AvgIpc) is 3.16. The summed E-state index contributed by atoms with van der Waals surface area (Å²) in [7, 11) is 0. The third-order valence-corrected chi connectivity index (χ3v) is 4.19. The van der Waals surface area contributed by atoms with E-state index in [9.17, 15) is 9.59 Å². The summed E-state index contributed by atoms with van der Waals surface area (Å²) in [5.74, 6) is -0.458. The Balaban J connectivity index is 1.85. The van der Waals surface area contributed by atoms with Crippen molar-refractivity contribution in [2.45, 2.75) is 6.23 Å². The van der Waals surface area contributed by atoms with Gasteiger partial charge in [-0.1, -0.05) is 23.7 Å². The van der Waals surface area contributed by atoms with Crippen molar-refractivity contribution in [3.8, 4) is 0 Å². The second-order valence-corrected chi connectivity index (χ2v) is 5.91. The molecular weight excluding hydrogens is 342 g/mol. The van der Waals surface area contributed by atoms with Gasteiger partial charge >= 0.3 is 5.97 Å². The summed E-state index contributed by atoms with van der Waals surface area (Å²) in [6.45, 7) is 0. The van der Waals surface area contributed by atoms with Gasteiger partial charge in [-0.15, -0.1) is 0 Å². The Morgan fingerprint density at radius 2 is 1.76 bits per heavy atom. The predicted octanol–water partition coefficient (Wildman–Crippen LogP) is 4.45. The van der Waals surface area contributed by atoms with Crippen molar-refractivity contribution < 1.29 is 18.7 Å². The van der Waals surface area contributed by atoms with Crippen LogP contribution in [0, 0.1) is 0 Å². The van der Waals surface area contributed by atoms with Crippen LogP contribution < -0.4 is 4.90 Å². The lowest BCUT2D eigenvalue weighted by Crippen LogP contribution is -2.41. The standard InChI is InChI=1S/C19H12ClNO4/c20-13-9-7-12(8-10-13)17(22)21-15-5-2-1-4-14(15)19(23)25-18(21)16-6-3-11-24-16/h1-11,18H/t18-/m1/s1. The number of esters is 1. The van der Waals surface area contributed by atoms with E-state index in [4.69, 9.17) is 20.8 Å². The lowest BCUT2D eigenvalue weighted by Gasteiger charge is -2.35. The number of cyclic esters (lactones) is 1. The Kier molecular flexibility index (Phi) is 3.78. The fourth-order valence-electron chi connectivity index (χ4n) is 2.76. The topological polar surface area (TPSA) is 59.8 Å². The lowest BCUT2D eigenvalue weighted by molar-refractivity contribution is 0.0196. The molecule has 6 heteroatoms. The molecule has 0 radical (unpaired) electrons. The minimum absolute atomic E-state index is 0.321. The monoisotopic (exact) mass is 353 g/mol. The van der Waals surface area contributed by atoms with Crippen molar-refractivity contribution in [1.82, 2.24) is 0 Å². The SMILES string of the molecule is O=C1O[C@H](c2ccco2)N(C(=O)c2ccc(Cl)cc2)c2ccccc21. The fraction of sp³-hybridized carbons (Fsp3) is 0.0526. The van der Waals surface area contributed by atoms with Gasteiger partial charge in [0.2, 0.25) is 6.23 Å². The number of carbonyl (C=O) groups excluding carboxylic acids is 2. The van der Waals surface area contributed by atoms with Crippen molar-refractivity contribution in [3.63, 3.8) is 0 Å². The van der Waals surface area contributed by atoms with E-state index in [-0.39, 0.29) is 5.91 Å². The van der Waals surface area contributed by atoms with E-state index >= 15 is 0 Å². The molecule has 2 heterocycles. The van der Waals surface area contributed by atoms with Gasteiger partial charge in [0.1, 0.15) is 0 Å². The van der Waals surface area contributed by atoms with Gasteiger partial charge in [-0.05, 0) is 48.5 Å². The van der Waals surface area contributed by atoms with Crippen LogP contribution in [0.5, 0.6) is 0 Å². The first-order valence-electron chi connectivity index (χ1n) is 7.58. The van der Waals surface area contributed by atoms with Crippen LogP contribution >= 0.6 is 11.6 Å². The quantitative estimate of drug-likeness (QED) is 0.639.